The van der Waals surface area contributed by atoms with Crippen molar-refractivity contribution in [1.29, 1.82) is 0 Å². The molecule has 0 aliphatic rings. The normalized spacial score (nSPS) is 12.5. The Hall–Kier alpha value is -0.460. The van der Waals surface area contributed by atoms with Crippen LogP contribution in [0.25, 0.3) is 0 Å². The van der Waals surface area contributed by atoms with Gasteiger partial charge in [0.05, 0.1) is 11.9 Å². The highest BCUT2D eigenvalue weighted by molar-refractivity contribution is 9.10. The second-order valence-electron chi connectivity index (χ2n) is 1.71. The Morgan fingerprint density at radius 2 is 2.36 bits per heavy atom. The molecule has 1 atom stereocenters. The van der Waals surface area contributed by atoms with E-state index in [-0.39, 0.29) is 0 Å². The molecule has 1 unspecified atom stereocenters. The first-order valence-electron chi connectivity index (χ1n) is 2.66. The molecule has 1 heterocycles. The number of nitrogens with one attached hydrogen (secondary N) is 1. The Morgan fingerprint density at radius 3 is 2.82 bits per heavy atom. The summed E-state index contributed by atoms with van der Waals surface area (Å²) in [5, 5.41) is 0. The molecule has 1 N–H and O–H groups in total. The maximum atomic E-state index is 10.1. The van der Waals surface area contributed by atoms with Crippen LogP contribution in [0.1, 0.15) is 0 Å². The number of rotatable bonds is 2. The molecule has 0 saturated heterocycles. The summed E-state index contributed by atoms with van der Waals surface area (Å²) in [7, 11) is 0. The second-order valence-corrected chi connectivity index (χ2v) is 3.19. The molecule has 0 amide bonds. The zero-order valence-corrected chi connectivity index (χ0v) is 7.68. The van der Waals surface area contributed by atoms with Gasteiger partial charge >= 0.3 is 0 Å². The molecule has 0 spiro atoms. The van der Waals surface area contributed by atoms with Gasteiger partial charge in [0, 0.05) is 11.3 Å². The Balaban J connectivity index is 2.74. The summed E-state index contributed by atoms with van der Waals surface area (Å²) < 4.78 is 23.0. The third-order valence-corrected chi connectivity index (χ3v) is 1.80. The molecule has 0 fully saturated rings. The monoisotopic (exact) mass is 235 g/mol. The fraction of sp³-hybridized carbons (Fsp3) is 0. The van der Waals surface area contributed by atoms with E-state index in [0.717, 1.165) is 0 Å². The Bertz CT molecular complexity index is 264. The number of pyridine rings is 1. The number of hydrogen-bond donors (Lipinski definition) is 1. The van der Waals surface area contributed by atoms with Crippen molar-refractivity contribution in [2.45, 2.75) is 0 Å². The summed E-state index contributed by atoms with van der Waals surface area (Å²) in [6.45, 7) is 0. The second kappa shape index (κ2) is 3.80. The predicted molar refractivity (Wildman–Crippen MR) is 44.5 cm³/mol. The van der Waals surface area contributed by atoms with Gasteiger partial charge in [0.1, 0.15) is 4.60 Å². The first-order chi connectivity index (χ1) is 5.18. The van der Waals surface area contributed by atoms with Crippen molar-refractivity contribution in [3.63, 3.8) is 0 Å². The summed E-state index contributed by atoms with van der Waals surface area (Å²) in [5.41, 5.74) is 0.446. The molecule has 0 bridgehead atoms. The maximum Gasteiger partial charge on any atom is 0.106 e. The van der Waals surface area contributed by atoms with Gasteiger partial charge < -0.3 is 9.27 Å². The minimum absolute atomic E-state index is 0.446. The highest BCUT2D eigenvalue weighted by atomic mass is 79.9. The molecule has 11 heavy (non-hydrogen) atoms. The third kappa shape index (κ3) is 2.96. The van der Waals surface area contributed by atoms with Crippen LogP contribution in [0, 0.1) is 0 Å². The standard InChI is InChI=1S/C5H5BrN2O2S/c6-5-2-1-4(3-7-5)8-11(9)10/h1-3,8H,(H,9,10)/p-1. The molecule has 0 aromatic carbocycles. The van der Waals surface area contributed by atoms with Crippen molar-refractivity contribution >= 4 is 32.9 Å². The molecular weight excluding hydrogens is 232 g/mol. The van der Waals surface area contributed by atoms with Crippen LogP contribution in [0.3, 0.4) is 0 Å². The molecule has 60 valence electrons. The SMILES string of the molecule is O=S([O-])Nc1ccc(Br)nc1. The average molecular weight is 236 g/mol. The van der Waals surface area contributed by atoms with E-state index < -0.39 is 11.3 Å². The summed E-state index contributed by atoms with van der Waals surface area (Å²) in [4.78, 5) is 3.81. The van der Waals surface area contributed by atoms with Crippen molar-refractivity contribution < 1.29 is 8.76 Å². The third-order valence-electron chi connectivity index (χ3n) is 0.929. The number of halogens is 1. The van der Waals surface area contributed by atoms with Crippen molar-refractivity contribution in [1.82, 2.24) is 4.98 Å². The van der Waals surface area contributed by atoms with Gasteiger partial charge in [-0.1, -0.05) is 0 Å². The van der Waals surface area contributed by atoms with Crippen molar-refractivity contribution in [2.24, 2.45) is 0 Å². The first-order valence-corrected chi connectivity index (χ1v) is 4.53. The molecule has 0 aliphatic carbocycles. The molecule has 1 aromatic rings. The minimum atomic E-state index is -2.28. The minimum Gasteiger partial charge on any atom is -0.755 e. The van der Waals surface area contributed by atoms with Crippen LogP contribution in [0.15, 0.2) is 22.9 Å². The average Bonchev–Trinajstić information content (AvgIpc) is 1.93. The van der Waals surface area contributed by atoms with Gasteiger partial charge in [-0.2, -0.15) is 0 Å². The van der Waals surface area contributed by atoms with Crippen LogP contribution in [-0.2, 0) is 11.3 Å². The van der Waals surface area contributed by atoms with Crippen LogP contribution < -0.4 is 4.72 Å². The van der Waals surface area contributed by atoms with Gasteiger partial charge in [-0.3, -0.25) is 4.21 Å². The Morgan fingerprint density at radius 1 is 1.64 bits per heavy atom. The molecule has 6 heteroatoms. The largest absolute Gasteiger partial charge is 0.755 e. The fourth-order valence-electron chi connectivity index (χ4n) is 0.532. The molecular formula is C5H4BrN2O2S-. The van der Waals surface area contributed by atoms with Gasteiger partial charge in [-0.05, 0) is 28.1 Å². The van der Waals surface area contributed by atoms with Crippen molar-refractivity contribution in [3.8, 4) is 0 Å². The lowest BCUT2D eigenvalue weighted by molar-refractivity contribution is 0.542. The first kappa shape index (κ1) is 8.63. The van der Waals surface area contributed by atoms with Crippen molar-refractivity contribution in [2.75, 3.05) is 4.72 Å². The van der Waals surface area contributed by atoms with Gasteiger partial charge in [-0.15, -0.1) is 0 Å². The van der Waals surface area contributed by atoms with Crippen LogP contribution in [0.2, 0.25) is 0 Å². The van der Waals surface area contributed by atoms with Gasteiger partial charge in [-0.25, -0.2) is 4.98 Å². The van der Waals surface area contributed by atoms with Crippen molar-refractivity contribution in [3.05, 3.63) is 22.9 Å². The molecule has 0 aliphatic heterocycles. The smallest absolute Gasteiger partial charge is 0.106 e. The van der Waals surface area contributed by atoms with Crippen LogP contribution in [-0.4, -0.2) is 13.7 Å². The van der Waals surface area contributed by atoms with Crippen LogP contribution in [0.5, 0.6) is 0 Å². The zero-order chi connectivity index (χ0) is 8.27. The maximum absolute atomic E-state index is 10.1. The summed E-state index contributed by atoms with van der Waals surface area (Å²) >= 11 is 0.840. The molecule has 0 radical (unpaired) electrons. The number of nitrogens with zero attached hydrogens (tertiary/aromatic N) is 1. The topological polar surface area (TPSA) is 65.0 Å². The van der Waals surface area contributed by atoms with E-state index in [9.17, 15) is 8.76 Å². The Kier molecular flexibility index (Phi) is 2.98. The highest BCUT2D eigenvalue weighted by Gasteiger charge is 1.90. The van der Waals surface area contributed by atoms with Gasteiger partial charge in [0.2, 0.25) is 0 Å². The van der Waals surface area contributed by atoms with E-state index in [2.05, 4.69) is 25.6 Å². The lowest BCUT2D eigenvalue weighted by atomic mass is 10.4. The number of aromatic nitrogens is 1. The highest BCUT2D eigenvalue weighted by Crippen LogP contribution is 2.10. The van der Waals surface area contributed by atoms with E-state index in [4.69, 9.17) is 0 Å². The molecule has 1 aromatic heterocycles. The summed E-state index contributed by atoms with van der Waals surface area (Å²) in [6, 6.07) is 3.25. The lowest BCUT2D eigenvalue weighted by Gasteiger charge is -2.06. The van der Waals surface area contributed by atoms with E-state index in [0.29, 0.717) is 10.3 Å². The number of hydrogen-bond acceptors (Lipinski definition) is 3. The molecule has 4 nitrogen and oxygen atoms in total. The summed E-state index contributed by atoms with van der Waals surface area (Å²) in [6.07, 6.45) is 1.42. The van der Waals surface area contributed by atoms with Crippen LogP contribution in [0.4, 0.5) is 5.69 Å². The van der Waals surface area contributed by atoms with Gasteiger partial charge in [0.15, 0.2) is 0 Å². The lowest BCUT2D eigenvalue weighted by Crippen LogP contribution is -2.01. The molecule has 1 rings (SSSR count). The number of anilines is 1. The Labute approximate surface area is 74.6 Å². The van der Waals surface area contributed by atoms with Crippen LogP contribution >= 0.6 is 15.9 Å². The van der Waals surface area contributed by atoms with Gasteiger partial charge in [0.25, 0.3) is 0 Å². The molecule has 0 saturated carbocycles. The van der Waals surface area contributed by atoms with E-state index in [1.54, 1.807) is 12.1 Å². The van der Waals surface area contributed by atoms with E-state index in [1.165, 1.54) is 6.20 Å². The fourth-order valence-corrected chi connectivity index (χ4v) is 1.08. The quantitative estimate of drug-likeness (QED) is 0.616. The predicted octanol–water partition coefficient (Wildman–Crippen LogP) is 1.05. The summed E-state index contributed by atoms with van der Waals surface area (Å²) in [5.74, 6) is 0. The zero-order valence-electron chi connectivity index (χ0n) is 5.28. The van der Waals surface area contributed by atoms with E-state index >= 15 is 0 Å². The van der Waals surface area contributed by atoms with E-state index in [1.807, 2.05) is 0 Å².